The lowest BCUT2D eigenvalue weighted by molar-refractivity contribution is 0.200. The Bertz CT molecular complexity index is 930. The average Bonchev–Trinajstić information content (AvgIpc) is 3.16. The lowest BCUT2D eigenvalue weighted by Crippen LogP contribution is -2.33. The Morgan fingerprint density at radius 3 is 2.54 bits per heavy atom. The zero-order valence-corrected chi connectivity index (χ0v) is 16.9. The molecule has 4 rings (SSSR count). The minimum atomic E-state index is -0.397. The van der Waals surface area contributed by atoms with Crippen molar-refractivity contribution in [2.24, 2.45) is 0 Å². The van der Waals surface area contributed by atoms with Gasteiger partial charge in [0.05, 0.1) is 10.7 Å². The maximum Gasteiger partial charge on any atom is 0.141 e. The zero-order valence-electron chi connectivity index (χ0n) is 16.1. The Labute approximate surface area is 170 Å². The average molecular weight is 398 g/mol. The maximum absolute atomic E-state index is 13.5. The van der Waals surface area contributed by atoms with Crippen molar-refractivity contribution in [2.75, 3.05) is 13.1 Å². The van der Waals surface area contributed by atoms with Gasteiger partial charge in [0, 0.05) is 30.8 Å². The van der Waals surface area contributed by atoms with E-state index in [9.17, 15) is 4.39 Å². The number of benzene rings is 2. The number of hydrogen-bond donors (Lipinski definition) is 0. The number of aromatic nitrogens is 2. The summed E-state index contributed by atoms with van der Waals surface area (Å²) < 4.78 is 15.7. The third-order valence-electron chi connectivity index (χ3n) is 5.57. The molecule has 0 N–H and O–H groups in total. The first-order valence-electron chi connectivity index (χ1n) is 9.93. The molecule has 2 aromatic carbocycles. The predicted molar refractivity (Wildman–Crippen MR) is 112 cm³/mol. The maximum atomic E-state index is 13.5. The van der Waals surface area contributed by atoms with Crippen LogP contribution in [-0.4, -0.2) is 27.5 Å². The number of nitrogens with zero attached hydrogens (tertiary/aromatic N) is 3. The van der Waals surface area contributed by atoms with Crippen LogP contribution in [0.3, 0.4) is 0 Å². The molecule has 0 atom stereocenters. The van der Waals surface area contributed by atoms with Crippen LogP contribution < -0.4 is 0 Å². The van der Waals surface area contributed by atoms with E-state index in [0.29, 0.717) is 5.92 Å². The van der Waals surface area contributed by atoms with Crippen LogP contribution in [0.4, 0.5) is 4.39 Å². The quantitative estimate of drug-likeness (QED) is 0.547. The first-order valence-corrected chi connectivity index (χ1v) is 10.3. The van der Waals surface area contributed by atoms with Crippen LogP contribution in [0, 0.1) is 5.82 Å². The summed E-state index contributed by atoms with van der Waals surface area (Å²) in [6.07, 6.45) is 4.27. The highest BCUT2D eigenvalue weighted by molar-refractivity contribution is 6.31. The van der Waals surface area contributed by atoms with Gasteiger partial charge >= 0.3 is 0 Å². The van der Waals surface area contributed by atoms with Crippen molar-refractivity contribution in [3.05, 3.63) is 77.0 Å². The van der Waals surface area contributed by atoms with E-state index >= 15 is 0 Å². The first-order chi connectivity index (χ1) is 13.6. The van der Waals surface area contributed by atoms with Crippen LogP contribution in [0.2, 0.25) is 5.02 Å². The van der Waals surface area contributed by atoms with Crippen molar-refractivity contribution >= 4 is 11.6 Å². The van der Waals surface area contributed by atoms with Gasteiger partial charge in [0.25, 0.3) is 0 Å². The molecule has 1 fully saturated rings. The van der Waals surface area contributed by atoms with Crippen LogP contribution in [0.25, 0.3) is 11.3 Å². The molecule has 0 radical (unpaired) electrons. The molecule has 2 heterocycles. The third kappa shape index (κ3) is 4.13. The van der Waals surface area contributed by atoms with Gasteiger partial charge in [0.2, 0.25) is 0 Å². The molecule has 3 aromatic rings. The van der Waals surface area contributed by atoms with Gasteiger partial charge in [-0.1, -0.05) is 41.9 Å². The summed E-state index contributed by atoms with van der Waals surface area (Å²) in [7, 11) is 0. The number of rotatable bonds is 5. The van der Waals surface area contributed by atoms with Crippen LogP contribution in [0.15, 0.2) is 54.7 Å². The molecule has 0 unspecified atom stereocenters. The van der Waals surface area contributed by atoms with Crippen LogP contribution in [0.5, 0.6) is 0 Å². The molecule has 0 saturated carbocycles. The fraction of sp³-hybridized carbons (Fsp3) is 0.348. The fourth-order valence-electron chi connectivity index (χ4n) is 3.99. The summed E-state index contributed by atoms with van der Waals surface area (Å²) in [6.45, 7) is 6.18. The molecule has 1 aromatic heterocycles. The smallest absolute Gasteiger partial charge is 0.141 e. The lowest BCUT2D eigenvalue weighted by Gasteiger charge is -2.31. The highest BCUT2D eigenvalue weighted by Gasteiger charge is 2.25. The zero-order chi connectivity index (χ0) is 19.5. The highest BCUT2D eigenvalue weighted by atomic mass is 35.5. The SMILES string of the molecule is CCn1cc(-c2ccc(F)c(Cl)c2)nc1C1CCN(Cc2ccccc2)CC1. The molecule has 1 aliphatic heterocycles. The van der Waals surface area contributed by atoms with Crippen LogP contribution in [-0.2, 0) is 13.1 Å². The summed E-state index contributed by atoms with van der Waals surface area (Å²) >= 11 is 5.96. The molecule has 1 saturated heterocycles. The largest absolute Gasteiger partial charge is 0.334 e. The molecular weight excluding hydrogens is 373 g/mol. The normalized spacial score (nSPS) is 15.8. The van der Waals surface area contributed by atoms with E-state index in [2.05, 4.69) is 52.9 Å². The number of imidazole rings is 1. The number of aryl methyl sites for hydroxylation is 1. The molecule has 0 aliphatic carbocycles. The summed E-state index contributed by atoms with van der Waals surface area (Å²) in [6, 6.07) is 15.5. The lowest BCUT2D eigenvalue weighted by atomic mass is 9.95. The van der Waals surface area contributed by atoms with E-state index in [1.54, 1.807) is 12.1 Å². The van der Waals surface area contributed by atoms with E-state index in [0.717, 1.165) is 56.1 Å². The molecular formula is C23H25ClFN3. The Morgan fingerprint density at radius 1 is 1.11 bits per heavy atom. The molecule has 0 bridgehead atoms. The van der Waals surface area contributed by atoms with E-state index in [4.69, 9.17) is 16.6 Å². The predicted octanol–water partition coefficient (Wildman–Crippen LogP) is 5.74. The monoisotopic (exact) mass is 397 g/mol. The molecule has 1 aliphatic rings. The second-order valence-corrected chi connectivity index (χ2v) is 7.84. The molecule has 146 valence electrons. The second kappa shape index (κ2) is 8.46. The highest BCUT2D eigenvalue weighted by Crippen LogP contribution is 2.31. The van der Waals surface area contributed by atoms with Gasteiger partial charge in [-0.15, -0.1) is 0 Å². The van der Waals surface area contributed by atoms with Crippen molar-refractivity contribution in [3.63, 3.8) is 0 Å². The number of hydrogen-bond acceptors (Lipinski definition) is 2. The van der Waals surface area contributed by atoms with Gasteiger partial charge < -0.3 is 4.57 Å². The number of piperidine rings is 1. The van der Waals surface area contributed by atoms with Crippen molar-refractivity contribution in [2.45, 2.75) is 38.8 Å². The van der Waals surface area contributed by atoms with Crippen molar-refractivity contribution in [1.82, 2.24) is 14.5 Å². The Morgan fingerprint density at radius 2 is 1.86 bits per heavy atom. The Kier molecular flexibility index (Phi) is 5.79. The van der Waals surface area contributed by atoms with Crippen molar-refractivity contribution in [1.29, 1.82) is 0 Å². The molecule has 5 heteroatoms. The molecule has 0 amide bonds. The third-order valence-corrected chi connectivity index (χ3v) is 5.85. The van der Waals surface area contributed by atoms with E-state index < -0.39 is 5.82 Å². The minimum Gasteiger partial charge on any atom is -0.334 e. The summed E-state index contributed by atoms with van der Waals surface area (Å²) in [4.78, 5) is 7.44. The molecule has 3 nitrogen and oxygen atoms in total. The minimum absolute atomic E-state index is 0.138. The first kappa shape index (κ1) is 19.2. The van der Waals surface area contributed by atoms with Gasteiger partial charge in [0.1, 0.15) is 11.6 Å². The molecule has 28 heavy (non-hydrogen) atoms. The van der Waals surface area contributed by atoms with Gasteiger partial charge in [-0.3, -0.25) is 4.90 Å². The van der Waals surface area contributed by atoms with Gasteiger partial charge in [-0.2, -0.15) is 0 Å². The topological polar surface area (TPSA) is 21.1 Å². The second-order valence-electron chi connectivity index (χ2n) is 7.44. The van der Waals surface area contributed by atoms with E-state index in [1.165, 1.54) is 11.6 Å². The van der Waals surface area contributed by atoms with E-state index in [-0.39, 0.29) is 5.02 Å². The summed E-state index contributed by atoms with van der Waals surface area (Å²) in [5.74, 6) is 1.19. The van der Waals surface area contributed by atoms with Gasteiger partial charge in [-0.25, -0.2) is 9.37 Å². The fourth-order valence-corrected chi connectivity index (χ4v) is 4.18. The molecule has 0 spiro atoms. The Hall–Kier alpha value is -2.17. The Balaban J connectivity index is 1.47. The van der Waals surface area contributed by atoms with Crippen molar-refractivity contribution < 1.29 is 4.39 Å². The van der Waals surface area contributed by atoms with Crippen LogP contribution in [0.1, 0.15) is 37.1 Å². The van der Waals surface area contributed by atoms with Crippen molar-refractivity contribution in [3.8, 4) is 11.3 Å². The standard InChI is InChI=1S/C23H25ClFN3/c1-2-28-16-22(19-8-9-21(25)20(24)14-19)26-23(28)18-10-12-27(13-11-18)15-17-6-4-3-5-7-17/h3-9,14,16,18H,2,10-13,15H2,1H3. The summed E-state index contributed by atoms with van der Waals surface area (Å²) in [5.41, 5.74) is 3.10. The van der Waals surface area contributed by atoms with Crippen LogP contribution >= 0.6 is 11.6 Å². The van der Waals surface area contributed by atoms with Gasteiger partial charge in [0.15, 0.2) is 0 Å². The van der Waals surface area contributed by atoms with E-state index in [1.807, 2.05) is 0 Å². The summed E-state index contributed by atoms with van der Waals surface area (Å²) in [5, 5.41) is 0.138. The number of halogens is 2. The number of likely N-dealkylation sites (tertiary alicyclic amines) is 1. The van der Waals surface area contributed by atoms with Gasteiger partial charge in [-0.05, 0) is 56.6 Å².